The number of nitrogens with zero attached hydrogens (tertiary/aromatic N) is 4. The summed E-state index contributed by atoms with van der Waals surface area (Å²) in [5, 5.41) is 10.0. The Morgan fingerprint density at radius 2 is 2.00 bits per heavy atom. The average Bonchev–Trinajstić information content (AvgIpc) is 2.81. The smallest absolute Gasteiger partial charge is 0.378 e. The number of hydrazine groups is 1. The predicted octanol–water partition coefficient (Wildman–Crippen LogP) is 2.07. The second-order valence-corrected chi connectivity index (χ2v) is 8.49. The van der Waals surface area contributed by atoms with Crippen LogP contribution in [0.2, 0.25) is 0 Å². The largest absolute Gasteiger partial charge is 0.435 e. The molecule has 1 saturated heterocycles. The van der Waals surface area contributed by atoms with Gasteiger partial charge in [-0.15, -0.1) is 0 Å². The summed E-state index contributed by atoms with van der Waals surface area (Å²) in [6.07, 6.45) is -0.131. The van der Waals surface area contributed by atoms with E-state index in [4.69, 9.17) is 4.74 Å². The van der Waals surface area contributed by atoms with Crippen LogP contribution in [0.25, 0.3) is 0 Å². The van der Waals surface area contributed by atoms with Crippen molar-refractivity contribution in [2.45, 2.75) is 38.8 Å². The number of amides is 2. The summed E-state index contributed by atoms with van der Waals surface area (Å²) >= 11 is 0. The molecule has 2 heterocycles. The van der Waals surface area contributed by atoms with Crippen LogP contribution in [-0.2, 0) is 20.5 Å². The number of hydroxylamine groups is 2. The minimum atomic E-state index is -4.72. The van der Waals surface area contributed by atoms with Gasteiger partial charge in [-0.3, -0.25) is 25.6 Å². The molecule has 33 heavy (non-hydrogen) atoms. The summed E-state index contributed by atoms with van der Waals surface area (Å²) < 4.78 is 46.1. The molecule has 0 aromatic carbocycles. The molecule has 0 radical (unpaired) electrons. The SMILES string of the molecule is CC1CCC(C(CN(O)C=O)C(=O)NNc2ncc(N3CCOCC3)c(C(F)(F)F)n2)CC1. The molecular formula is C20H29F3N6O4. The third-order valence-electron chi connectivity index (χ3n) is 6.16. The number of ether oxygens (including phenoxy) is 1. The van der Waals surface area contributed by atoms with E-state index in [1.807, 2.05) is 0 Å². The Morgan fingerprint density at radius 1 is 1.33 bits per heavy atom. The Kier molecular flexibility index (Phi) is 8.30. The monoisotopic (exact) mass is 474 g/mol. The molecule has 1 aromatic heterocycles. The van der Waals surface area contributed by atoms with Crippen molar-refractivity contribution in [3.63, 3.8) is 0 Å². The number of carbonyl (C=O) groups excluding carboxylic acids is 2. The summed E-state index contributed by atoms with van der Waals surface area (Å²) in [5.74, 6) is -1.27. The quantitative estimate of drug-likeness (QED) is 0.298. The van der Waals surface area contributed by atoms with Gasteiger partial charge in [0.05, 0.1) is 37.6 Å². The first-order chi connectivity index (χ1) is 15.7. The van der Waals surface area contributed by atoms with Gasteiger partial charge in [0.25, 0.3) is 0 Å². The molecule has 2 amide bonds. The van der Waals surface area contributed by atoms with Crippen LogP contribution in [0.1, 0.15) is 38.3 Å². The summed E-state index contributed by atoms with van der Waals surface area (Å²) in [6.45, 7) is 3.07. The van der Waals surface area contributed by atoms with Gasteiger partial charge in [0.15, 0.2) is 5.69 Å². The van der Waals surface area contributed by atoms with Crippen molar-refractivity contribution < 1.29 is 32.7 Å². The normalized spacial score (nSPS) is 22.4. The predicted molar refractivity (Wildman–Crippen MR) is 111 cm³/mol. The van der Waals surface area contributed by atoms with E-state index in [-0.39, 0.29) is 37.6 Å². The molecule has 2 fully saturated rings. The van der Waals surface area contributed by atoms with Crippen LogP contribution in [0.5, 0.6) is 0 Å². The summed E-state index contributed by atoms with van der Waals surface area (Å²) in [5.41, 5.74) is 3.43. The summed E-state index contributed by atoms with van der Waals surface area (Å²) in [7, 11) is 0. The fraction of sp³-hybridized carbons (Fsp3) is 0.700. The van der Waals surface area contributed by atoms with E-state index in [0.717, 1.165) is 31.9 Å². The van der Waals surface area contributed by atoms with E-state index in [9.17, 15) is 28.0 Å². The fourth-order valence-corrected chi connectivity index (χ4v) is 4.27. The minimum Gasteiger partial charge on any atom is -0.378 e. The van der Waals surface area contributed by atoms with Crippen molar-refractivity contribution in [1.29, 1.82) is 0 Å². The van der Waals surface area contributed by atoms with E-state index in [0.29, 0.717) is 24.2 Å². The van der Waals surface area contributed by atoms with Gasteiger partial charge in [-0.25, -0.2) is 15.0 Å². The zero-order valence-electron chi connectivity index (χ0n) is 18.3. The molecule has 1 aliphatic carbocycles. The second-order valence-electron chi connectivity index (χ2n) is 8.49. The zero-order valence-corrected chi connectivity index (χ0v) is 18.3. The highest BCUT2D eigenvalue weighted by molar-refractivity contribution is 5.80. The molecule has 13 heteroatoms. The van der Waals surface area contributed by atoms with Crippen molar-refractivity contribution in [3.05, 3.63) is 11.9 Å². The van der Waals surface area contributed by atoms with Gasteiger partial charge in [-0.05, 0) is 24.7 Å². The van der Waals surface area contributed by atoms with Crippen molar-refractivity contribution >= 4 is 24.0 Å². The number of rotatable bonds is 8. The van der Waals surface area contributed by atoms with Crippen LogP contribution in [0.15, 0.2) is 6.20 Å². The first-order valence-electron chi connectivity index (χ1n) is 10.9. The number of morpholine rings is 1. The Balaban J connectivity index is 1.72. The van der Waals surface area contributed by atoms with Gasteiger partial charge in [0.2, 0.25) is 18.3 Å². The van der Waals surface area contributed by atoms with E-state index in [1.54, 1.807) is 0 Å². The van der Waals surface area contributed by atoms with Gasteiger partial charge >= 0.3 is 6.18 Å². The number of alkyl halides is 3. The van der Waals surface area contributed by atoms with Crippen molar-refractivity contribution in [2.24, 2.45) is 17.8 Å². The maximum Gasteiger partial charge on any atom is 0.435 e. The summed E-state index contributed by atoms with van der Waals surface area (Å²) in [6, 6.07) is 0. The Bertz CT molecular complexity index is 813. The number of hydrogen-bond donors (Lipinski definition) is 3. The molecule has 10 nitrogen and oxygen atoms in total. The third-order valence-corrected chi connectivity index (χ3v) is 6.16. The molecule has 3 rings (SSSR count). The molecule has 0 bridgehead atoms. The summed E-state index contributed by atoms with van der Waals surface area (Å²) in [4.78, 5) is 32.7. The molecule has 1 saturated carbocycles. The van der Waals surface area contributed by atoms with Crippen molar-refractivity contribution in [2.75, 3.05) is 43.2 Å². The Hall–Kier alpha value is -2.67. The van der Waals surface area contributed by atoms with E-state index >= 15 is 0 Å². The topological polar surface area (TPSA) is 120 Å². The molecule has 0 spiro atoms. The van der Waals surface area contributed by atoms with Crippen molar-refractivity contribution in [1.82, 2.24) is 20.5 Å². The molecule has 184 valence electrons. The number of anilines is 2. The third kappa shape index (κ3) is 6.67. The van der Waals surface area contributed by atoms with Gasteiger partial charge in [0.1, 0.15) is 0 Å². The van der Waals surface area contributed by atoms with Gasteiger partial charge < -0.3 is 9.64 Å². The van der Waals surface area contributed by atoms with Crippen LogP contribution >= 0.6 is 0 Å². The molecule has 2 aliphatic rings. The lowest BCUT2D eigenvalue weighted by atomic mass is 9.76. The Labute approximate surface area is 189 Å². The second kappa shape index (κ2) is 11.0. The van der Waals surface area contributed by atoms with Crippen LogP contribution in [0, 0.1) is 17.8 Å². The lowest BCUT2D eigenvalue weighted by molar-refractivity contribution is -0.156. The van der Waals surface area contributed by atoms with Crippen LogP contribution in [0.4, 0.5) is 24.8 Å². The molecule has 1 aromatic rings. The Morgan fingerprint density at radius 3 is 2.61 bits per heavy atom. The standard InChI is InChI=1S/C20H29F3N6O4/c1-13-2-4-14(5-3-13)15(11-29(32)12-30)18(31)26-27-19-24-10-16(17(25-19)20(21,22)23)28-6-8-33-9-7-28/h10,12-15,32H,2-9,11H2,1H3,(H,26,31)(H,24,25,27). The fourth-order valence-electron chi connectivity index (χ4n) is 4.27. The van der Waals surface area contributed by atoms with E-state index in [2.05, 4.69) is 27.7 Å². The van der Waals surface area contributed by atoms with Gasteiger partial charge in [0, 0.05) is 13.1 Å². The maximum atomic E-state index is 13.6. The first kappa shape index (κ1) is 25.0. The van der Waals surface area contributed by atoms with Crippen LogP contribution < -0.4 is 15.8 Å². The van der Waals surface area contributed by atoms with Crippen LogP contribution in [-0.4, -0.2) is 65.4 Å². The van der Waals surface area contributed by atoms with Crippen LogP contribution in [0.3, 0.4) is 0 Å². The first-order valence-corrected chi connectivity index (χ1v) is 10.9. The number of hydrogen-bond acceptors (Lipinski definition) is 8. The number of nitrogens with one attached hydrogen (secondary N) is 2. The highest BCUT2D eigenvalue weighted by Crippen LogP contribution is 2.36. The molecule has 1 unspecified atom stereocenters. The lowest BCUT2D eigenvalue weighted by Crippen LogP contribution is -2.44. The van der Waals surface area contributed by atoms with Gasteiger partial charge in [-0.2, -0.15) is 13.2 Å². The number of aromatic nitrogens is 2. The molecule has 3 N–H and O–H groups in total. The van der Waals surface area contributed by atoms with E-state index in [1.165, 1.54) is 4.90 Å². The lowest BCUT2D eigenvalue weighted by Gasteiger charge is -2.32. The molecule has 1 aliphatic heterocycles. The zero-order chi connectivity index (χ0) is 24.0. The number of carbonyl (C=O) groups is 2. The molecule has 1 atom stereocenters. The average molecular weight is 474 g/mol. The highest BCUT2D eigenvalue weighted by Gasteiger charge is 2.38. The maximum absolute atomic E-state index is 13.6. The molecular weight excluding hydrogens is 445 g/mol. The number of halogens is 3. The van der Waals surface area contributed by atoms with E-state index < -0.39 is 29.6 Å². The van der Waals surface area contributed by atoms with Gasteiger partial charge in [-0.1, -0.05) is 19.8 Å². The van der Waals surface area contributed by atoms with Crippen molar-refractivity contribution in [3.8, 4) is 0 Å². The highest BCUT2D eigenvalue weighted by atomic mass is 19.4. The minimum absolute atomic E-state index is 0.0760.